The molecule has 0 saturated heterocycles. The Hall–Kier alpha value is -2.13. The summed E-state index contributed by atoms with van der Waals surface area (Å²) in [6, 6.07) is 15.9. The van der Waals surface area contributed by atoms with Crippen LogP contribution in [-0.4, -0.2) is 4.57 Å². The van der Waals surface area contributed by atoms with E-state index in [0.29, 0.717) is 17.7 Å². The molecule has 1 heterocycles. The summed E-state index contributed by atoms with van der Waals surface area (Å²) >= 11 is 5.99. The number of anilines is 1. The first kappa shape index (κ1) is 14.8. The van der Waals surface area contributed by atoms with Crippen molar-refractivity contribution in [2.45, 2.75) is 26.5 Å². The lowest BCUT2D eigenvalue weighted by atomic mass is 10.2. The maximum Gasteiger partial charge on any atom is 0.128 e. The number of aromatic nitrogens is 1. The minimum Gasteiger partial charge on any atom is -0.487 e. The smallest absolute Gasteiger partial charge is 0.128 e. The van der Waals surface area contributed by atoms with Crippen LogP contribution in [-0.2, 0) is 6.61 Å². The molecule has 0 saturated carbocycles. The fraction of sp³-hybridized carbons (Fsp3) is 0.222. The standard InChI is InChI=1S/C18H19ClN2O/c1-12(2)21-16(8-13-6-7-15(20)10-18(13)21)11-22-17-5-3-4-14(19)9-17/h3-10,12H,11,20H2,1-2H3. The number of nitrogens with two attached hydrogens (primary N) is 1. The van der Waals surface area contributed by atoms with Crippen LogP contribution in [0.4, 0.5) is 5.69 Å². The Balaban J connectivity index is 1.94. The van der Waals surface area contributed by atoms with Crippen LogP contribution >= 0.6 is 11.6 Å². The van der Waals surface area contributed by atoms with Crippen molar-refractivity contribution < 1.29 is 4.74 Å². The van der Waals surface area contributed by atoms with E-state index in [2.05, 4.69) is 24.5 Å². The Kier molecular flexibility index (Phi) is 3.99. The fourth-order valence-corrected chi connectivity index (χ4v) is 2.91. The predicted octanol–water partition coefficient (Wildman–Crippen LogP) is 5.04. The highest BCUT2D eigenvalue weighted by molar-refractivity contribution is 6.30. The predicted molar refractivity (Wildman–Crippen MR) is 92.5 cm³/mol. The van der Waals surface area contributed by atoms with Crippen LogP contribution in [0, 0.1) is 0 Å². The molecule has 22 heavy (non-hydrogen) atoms. The normalized spacial score (nSPS) is 11.3. The third-order valence-corrected chi connectivity index (χ3v) is 3.88. The van der Waals surface area contributed by atoms with Gasteiger partial charge in [-0.3, -0.25) is 0 Å². The Morgan fingerprint density at radius 1 is 1.14 bits per heavy atom. The minimum absolute atomic E-state index is 0.331. The second-order valence-electron chi connectivity index (χ2n) is 5.66. The lowest BCUT2D eigenvalue weighted by molar-refractivity contribution is 0.293. The zero-order valence-electron chi connectivity index (χ0n) is 12.7. The van der Waals surface area contributed by atoms with Gasteiger partial charge in [0.1, 0.15) is 12.4 Å². The molecule has 0 unspecified atom stereocenters. The van der Waals surface area contributed by atoms with E-state index in [0.717, 1.165) is 22.6 Å². The molecule has 114 valence electrons. The van der Waals surface area contributed by atoms with Crippen LogP contribution in [0.3, 0.4) is 0 Å². The fourth-order valence-electron chi connectivity index (χ4n) is 2.73. The molecule has 0 atom stereocenters. The van der Waals surface area contributed by atoms with Gasteiger partial charge in [0.05, 0.1) is 11.2 Å². The number of rotatable bonds is 4. The Morgan fingerprint density at radius 3 is 2.68 bits per heavy atom. The molecule has 0 spiro atoms. The average molecular weight is 315 g/mol. The number of nitrogens with zero attached hydrogens (tertiary/aromatic N) is 1. The van der Waals surface area contributed by atoms with Gasteiger partial charge < -0.3 is 15.0 Å². The van der Waals surface area contributed by atoms with Gasteiger partial charge in [0.25, 0.3) is 0 Å². The number of nitrogen functional groups attached to an aromatic ring is 1. The van der Waals surface area contributed by atoms with Crippen LogP contribution in [0.1, 0.15) is 25.6 Å². The van der Waals surface area contributed by atoms with Gasteiger partial charge in [0, 0.05) is 22.1 Å². The van der Waals surface area contributed by atoms with Gasteiger partial charge in [0.15, 0.2) is 0 Å². The van der Waals surface area contributed by atoms with Crippen molar-refractivity contribution in [3.05, 3.63) is 59.2 Å². The van der Waals surface area contributed by atoms with E-state index in [9.17, 15) is 0 Å². The second kappa shape index (κ2) is 5.93. The molecule has 0 amide bonds. The topological polar surface area (TPSA) is 40.2 Å². The maximum atomic E-state index is 5.99. The van der Waals surface area contributed by atoms with Gasteiger partial charge in [-0.05, 0) is 50.2 Å². The first-order valence-electron chi connectivity index (χ1n) is 7.32. The monoisotopic (exact) mass is 314 g/mol. The van der Waals surface area contributed by atoms with Gasteiger partial charge in [-0.2, -0.15) is 0 Å². The lowest BCUT2D eigenvalue weighted by Crippen LogP contribution is -2.08. The van der Waals surface area contributed by atoms with E-state index in [1.54, 1.807) is 0 Å². The molecule has 0 aliphatic heterocycles. The first-order valence-corrected chi connectivity index (χ1v) is 7.70. The van der Waals surface area contributed by atoms with Gasteiger partial charge in [-0.15, -0.1) is 0 Å². The Bertz CT molecular complexity index is 808. The van der Waals surface area contributed by atoms with Crippen molar-refractivity contribution >= 4 is 28.2 Å². The van der Waals surface area contributed by atoms with Crippen molar-refractivity contribution in [3.63, 3.8) is 0 Å². The van der Waals surface area contributed by atoms with Crippen LogP contribution in [0.15, 0.2) is 48.5 Å². The third kappa shape index (κ3) is 2.90. The molecule has 0 aliphatic rings. The first-order chi connectivity index (χ1) is 10.5. The summed E-state index contributed by atoms with van der Waals surface area (Å²) in [6.07, 6.45) is 0. The summed E-state index contributed by atoms with van der Waals surface area (Å²) in [5, 5.41) is 1.85. The zero-order valence-corrected chi connectivity index (χ0v) is 13.5. The molecule has 2 aromatic carbocycles. The largest absolute Gasteiger partial charge is 0.487 e. The van der Waals surface area contributed by atoms with E-state index in [-0.39, 0.29) is 0 Å². The summed E-state index contributed by atoms with van der Waals surface area (Å²) in [6.45, 7) is 4.81. The van der Waals surface area contributed by atoms with E-state index in [1.807, 2.05) is 42.5 Å². The minimum atomic E-state index is 0.331. The summed E-state index contributed by atoms with van der Waals surface area (Å²) in [5.41, 5.74) is 8.96. The Morgan fingerprint density at radius 2 is 1.95 bits per heavy atom. The lowest BCUT2D eigenvalue weighted by Gasteiger charge is -2.15. The summed E-state index contributed by atoms with van der Waals surface area (Å²) in [7, 11) is 0. The van der Waals surface area contributed by atoms with Crippen molar-refractivity contribution in [2.75, 3.05) is 5.73 Å². The maximum absolute atomic E-state index is 5.99. The SMILES string of the molecule is CC(C)n1c(COc2cccc(Cl)c2)cc2ccc(N)cc21. The molecule has 3 aromatic rings. The number of benzene rings is 2. The van der Waals surface area contributed by atoms with Crippen molar-refractivity contribution in [2.24, 2.45) is 0 Å². The van der Waals surface area contributed by atoms with Crippen LogP contribution < -0.4 is 10.5 Å². The van der Waals surface area contributed by atoms with Gasteiger partial charge in [0.2, 0.25) is 0 Å². The molecule has 0 fully saturated rings. The number of ether oxygens (including phenoxy) is 1. The molecule has 0 aliphatic carbocycles. The van der Waals surface area contributed by atoms with Crippen LogP contribution in [0.2, 0.25) is 5.02 Å². The quantitative estimate of drug-likeness (QED) is 0.685. The number of halogens is 1. The number of hydrogen-bond donors (Lipinski definition) is 1. The molecule has 0 bridgehead atoms. The molecule has 0 radical (unpaired) electrons. The molecule has 3 rings (SSSR count). The average Bonchev–Trinajstić information content (AvgIpc) is 2.83. The van der Waals surface area contributed by atoms with Crippen molar-refractivity contribution in [1.29, 1.82) is 0 Å². The zero-order chi connectivity index (χ0) is 15.7. The van der Waals surface area contributed by atoms with Gasteiger partial charge >= 0.3 is 0 Å². The number of hydrogen-bond acceptors (Lipinski definition) is 2. The molecule has 3 nitrogen and oxygen atoms in total. The van der Waals surface area contributed by atoms with Gasteiger partial charge in [-0.1, -0.05) is 23.7 Å². The van der Waals surface area contributed by atoms with Crippen molar-refractivity contribution in [1.82, 2.24) is 4.57 Å². The second-order valence-corrected chi connectivity index (χ2v) is 6.10. The Labute approximate surface area is 135 Å². The van der Waals surface area contributed by atoms with Crippen LogP contribution in [0.25, 0.3) is 10.9 Å². The van der Waals surface area contributed by atoms with Crippen LogP contribution in [0.5, 0.6) is 5.75 Å². The summed E-state index contributed by atoms with van der Waals surface area (Å²) < 4.78 is 8.15. The summed E-state index contributed by atoms with van der Waals surface area (Å²) in [5.74, 6) is 0.771. The molecule has 1 aromatic heterocycles. The molecule has 4 heteroatoms. The highest BCUT2D eigenvalue weighted by Crippen LogP contribution is 2.27. The van der Waals surface area contributed by atoms with E-state index in [1.165, 1.54) is 5.39 Å². The highest BCUT2D eigenvalue weighted by Gasteiger charge is 2.12. The molecular formula is C18H19ClN2O. The summed E-state index contributed by atoms with van der Waals surface area (Å²) in [4.78, 5) is 0. The van der Waals surface area contributed by atoms with Gasteiger partial charge in [-0.25, -0.2) is 0 Å². The van der Waals surface area contributed by atoms with E-state index >= 15 is 0 Å². The van der Waals surface area contributed by atoms with E-state index in [4.69, 9.17) is 22.1 Å². The van der Waals surface area contributed by atoms with Crippen molar-refractivity contribution in [3.8, 4) is 5.75 Å². The molecular weight excluding hydrogens is 296 g/mol. The highest BCUT2D eigenvalue weighted by atomic mass is 35.5. The van der Waals surface area contributed by atoms with E-state index < -0.39 is 0 Å². The number of fused-ring (bicyclic) bond motifs is 1. The third-order valence-electron chi connectivity index (χ3n) is 3.64. The molecule has 2 N–H and O–H groups in total.